The van der Waals surface area contributed by atoms with Crippen molar-refractivity contribution >= 4 is 27.4 Å². The van der Waals surface area contributed by atoms with Gasteiger partial charge in [0.1, 0.15) is 5.82 Å². The van der Waals surface area contributed by atoms with Crippen LogP contribution < -0.4 is 5.73 Å². The lowest BCUT2D eigenvalue weighted by Crippen LogP contribution is -2.01. The Morgan fingerprint density at radius 3 is 2.84 bits per heavy atom. The number of hydrogen-bond acceptors (Lipinski definition) is 5. The molecule has 5 heteroatoms. The van der Waals surface area contributed by atoms with Gasteiger partial charge in [-0.15, -0.1) is 11.3 Å². The molecule has 0 atom stereocenters. The minimum absolute atomic E-state index is 0.322. The molecule has 3 aromatic heterocycles. The van der Waals surface area contributed by atoms with Crippen LogP contribution in [0.15, 0.2) is 29.8 Å². The molecule has 0 amide bonds. The summed E-state index contributed by atoms with van der Waals surface area (Å²) >= 11 is 1.66. The highest BCUT2D eigenvalue weighted by molar-refractivity contribution is 7.17. The quantitative estimate of drug-likeness (QED) is 0.774. The third-order valence-corrected chi connectivity index (χ3v) is 3.77. The Morgan fingerprint density at radius 1 is 1.21 bits per heavy atom. The number of hydrogen-bond donors (Lipinski definition) is 1. The van der Waals surface area contributed by atoms with Crippen molar-refractivity contribution in [2.24, 2.45) is 0 Å². The van der Waals surface area contributed by atoms with E-state index < -0.39 is 0 Å². The number of pyridine rings is 1. The maximum Gasteiger partial charge on any atom is 0.163 e. The lowest BCUT2D eigenvalue weighted by atomic mass is 10.1. The third-order valence-electron chi connectivity index (χ3n) is 2.92. The standard InChI is InChI=1S/C14H14N4S/c1-8(2)11-6-13(15)18-14(17-11)9-5-12-10(16-7-9)3-4-19-12/h3-8H,1-2H3,(H2,15,17,18). The maximum atomic E-state index is 5.86. The van der Waals surface area contributed by atoms with Crippen molar-refractivity contribution in [1.29, 1.82) is 0 Å². The van der Waals surface area contributed by atoms with E-state index >= 15 is 0 Å². The fourth-order valence-electron chi connectivity index (χ4n) is 1.88. The Hall–Kier alpha value is -2.01. The van der Waals surface area contributed by atoms with Crippen molar-refractivity contribution in [3.8, 4) is 11.4 Å². The van der Waals surface area contributed by atoms with Gasteiger partial charge in [-0.1, -0.05) is 13.8 Å². The first-order chi connectivity index (χ1) is 9.13. The van der Waals surface area contributed by atoms with Gasteiger partial charge in [-0.05, 0) is 23.4 Å². The van der Waals surface area contributed by atoms with Crippen molar-refractivity contribution in [3.63, 3.8) is 0 Å². The first-order valence-corrected chi connectivity index (χ1v) is 6.99. The number of rotatable bonds is 2. The normalized spacial score (nSPS) is 11.3. The Kier molecular flexibility index (Phi) is 2.91. The zero-order chi connectivity index (χ0) is 13.4. The Labute approximate surface area is 115 Å². The number of thiophene rings is 1. The molecule has 0 aliphatic rings. The molecule has 0 unspecified atom stereocenters. The first-order valence-electron chi connectivity index (χ1n) is 6.11. The van der Waals surface area contributed by atoms with E-state index in [-0.39, 0.29) is 0 Å². The van der Waals surface area contributed by atoms with Crippen LogP contribution in [0.2, 0.25) is 0 Å². The minimum Gasteiger partial charge on any atom is -0.384 e. The maximum absolute atomic E-state index is 5.86. The summed E-state index contributed by atoms with van der Waals surface area (Å²) in [5, 5.41) is 2.03. The van der Waals surface area contributed by atoms with Crippen LogP contribution in [-0.2, 0) is 0 Å². The highest BCUT2D eigenvalue weighted by Gasteiger charge is 2.09. The van der Waals surface area contributed by atoms with Crippen LogP contribution in [0.1, 0.15) is 25.5 Å². The molecule has 0 saturated heterocycles. The molecule has 96 valence electrons. The monoisotopic (exact) mass is 270 g/mol. The van der Waals surface area contributed by atoms with Gasteiger partial charge < -0.3 is 5.73 Å². The van der Waals surface area contributed by atoms with Crippen molar-refractivity contribution in [1.82, 2.24) is 15.0 Å². The highest BCUT2D eigenvalue weighted by Crippen LogP contribution is 2.25. The second kappa shape index (κ2) is 4.59. The first kappa shape index (κ1) is 12.0. The molecule has 0 aliphatic carbocycles. The van der Waals surface area contributed by atoms with E-state index in [0.717, 1.165) is 21.5 Å². The summed E-state index contributed by atoms with van der Waals surface area (Å²) < 4.78 is 1.13. The SMILES string of the molecule is CC(C)c1cc(N)nc(-c2cnc3ccsc3c2)n1. The van der Waals surface area contributed by atoms with E-state index in [1.165, 1.54) is 0 Å². The van der Waals surface area contributed by atoms with E-state index in [1.54, 1.807) is 17.5 Å². The summed E-state index contributed by atoms with van der Waals surface area (Å²) in [6.07, 6.45) is 1.80. The summed E-state index contributed by atoms with van der Waals surface area (Å²) in [7, 11) is 0. The second-order valence-corrected chi connectivity index (χ2v) is 5.67. The van der Waals surface area contributed by atoms with Crippen molar-refractivity contribution in [3.05, 3.63) is 35.5 Å². The fraction of sp³-hybridized carbons (Fsp3) is 0.214. The lowest BCUT2D eigenvalue weighted by Gasteiger charge is -2.08. The molecule has 0 saturated carbocycles. The molecular formula is C14H14N4S. The highest BCUT2D eigenvalue weighted by atomic mass is 32.1. The molecule has 4 nitrogen and oxygen atoms in total. The number of fused-ring (bicyclic) bond motifs is 1. The number of aromatic nitrogens is 3. The average Bonchev–Trinajstić information content (AvgIpc) is 2.85. The van der Waals surface area contributed by atoms with Gasteiger partial charge in [-0.25, -0.2) is 9.97 Å². The zero-order valence-corrected chi connectivity index (χ0v) is 11.6. The number of nitrogens with two attached hydrogens (primary N) is 1. The topological polar surface area (TPSA) is 64.7 Å². The predicted molar refractivity (Wildman–Crippen MR) is 79.1 cm³/mol. The van der Waals surface area contributed by atoms with Crippen molar-refractivity contribution in [2.45, 2.75) is 19.8 Å². The number of anilines is 1. The molecule has 0 fully saturated rings. The van der Waals surface area contributed by atoms with E-state index in [9.17, 15) is 0 Å². The number of nitrogen functional groups attached to an aromatic ring is 1. The Balaban J connectivity index is 2.14. The van der Waals surface area contributed by atoms with Crippen LogP contribution in [-0.4, -0.2) is 15.0 Å². The van der Waals surface area contributed by atoms with E-state index in [1.807, 2.05) is 17.5 Å². The largest absolute Gasteiger partial charge is 0.384 e. The lowest BCUT2D eigenvalue weighted by molar-refractivity contribution is 0.818. The van der Waals surface area contributed by atoms with Gasteiger partial charge in [-0.3, -0.25) is 4.98 Å². The minimum atomic E-state index is 0.322. The predicted octanol–water partition coefficient (Wildman–Crippen LogP) is 3.46. The summed E-state index contributed by atoms with van der Waals surface area (Å²) in [4.78, 5) is 13.3. The van der Waals surface area contributed by atoms with Crippen LogP contribution in [0.3, 0.4) is 0 Å². The molecule has 3 heterocycles. The number of nitrogens with zero attached hydrogens (tertiary/aromatic N) is 3. The van der Waals surface area contributed by atoms with E-state index in [0.29, 0.717) is 17.6 Å². The Bertz CT molecular complexity index is 733. The van der Waals surface area contributed by atoms with Crippen LogP contribution in [0, 0.1) is 0 Å². The van der Waals surface area contributed by atoms with E-state index in [4.69, 9.17) is 5.73 Å². The average molecular weight is 270 g/mol. The molecule has 3 rings (SSSR count). The van der Waals surface area contributed by atoms with Crippen LogP contribution in [0.5, 0.6) is 0 Å². The smallest absolute Gasteiger partial charge is 0.163 e. The Morgan fingerprint density at radius 2 is 2.05 bits per heavy atom. The van der Waals surface area contributed by atoms with Crippen LogP contribution >= 0.6 is 11.3 Å². The van der Waals surface area contributed by atoms with Gasteiger partial charge in [0.25, 0.3) is 0 Å². The molecule has 0 bridgehead atoms. The molecule has 0 aromatic carbocycles. The molecule has 0 radical (unpaired) electrons. The second-order valence-electron chi connectivity index (χ2n) is 4.72. The van der Waals surface area contributed by atoms with Gasteiger partial charge in [0.2, 0.25) is 0 Å². The van der Waals surface area contributed by atoms with Crippen molar-refractivity contribution in [2.75, 3.05) is 5.73 Å². The van der Waals surface area contributed by atoms with Gasteiger partial charge in [-0.2, -0.15) is 0 Å². The fourth-order valence-corrected chi connectivity index (χ4v) is 2.66. The summed E-state index contributed by atoms with van der Waals surface area (Å²) in [6.45, 7) is 4.18. The molecule has 0 spiro atoms. The van der Waals surface area contributed by atoms with Gasteiger partial charge in [0.05, 0.1) is 10.2 Å². The zero-order valence-electron chi connectivity index (χ0n) is 10.8. The summed E-state index contributed by atoms with van der Waals surface area (Å²) in [6, 6.07) is 5.89. The molecule has 0 aliphatic heterocycles. The van der Waals surface area contributed by atoms with E-state index in [2.05, 4.69) is 34.9 Å². The van der Waals surface area contributed by atoms with Crippen LogP contribution in [0.25, 0.3) is 21.6 Å². The van der Waals surface area contributed by atoms with Gasteiger partial charge >= 0.3 is 0 Å². The summed E-state index contributed by atoms with van der Waals surface area (Å²) in [5.41, 5.74) is 8.72. The van der Waals surface area contributed by atoms with Gasteiger partial charge in [0, 0.05) is 23.5 Å². The van der Waals surface area contributed by atoms with Crippen LogP contribution in [0.4, 0.5) is 5.82 Å². The molecule has 19 heavy (non-hydrogen) atoms. The summed E-state index contributed by atoms with van der Waals surface area (Å²) in [5.74, 6) is 1.47. The molecule has 3 aromatic rings. The molecule has 2 N–H and O–H groups in total. The van der Waals surface area contributed by atoms with Gasteiger partial charge in [0.15, 0.2) is 5.82 Å². The van der Waals surface area contributed by atoms with Crippen molar-refractivity contribution < 1.29 is 0 Å². The molecular weight excluding hydrogens is 256 g/mol. The third kappa shape index (κ3) is 2.29.